The lowest BCUT2D eigenvalue weighted by Crippen LogP contribution is -2.09. The van der Waals surface area contributed by atoms with Gasteiger partial charge in [-0.1, -0.05) is 31.2 Å². The molecule has 0 radical (unpaired) electrons. The van der Waals surface area contributed by atoms with E-state index in [0.29, 0.717) is 6.42 Å². The van der Waals surface area contributed by atoms with E-state index < -0.39 is 0 Å². The Balaban J connectivity index is 1.91. The fourth-order valence-corrected chi connectivity index (χ4v) is 1.73. The van der Waals surface area contributed by atoms with E-state index in [-0.39, 0.29) is 5.91 Å². The van der Waals surface area contributed by atoms with Crippen molar-refractivity contribution in [2.75, 3.05) is 0 Å². The van der Waals surface area contributed by atoms with E-state index in [9.17, 15) is 4.79 Å². The lowest BCUT2D eigenvalue weighted by Gasteiger charge is -2.03. The van der Waals surface area contributed by atoms with E-state index >= 15 is 0 Å². The molecule has 0 aliphatic rings. The Morgan fingerprint density at radius 1 is 1.24 bits per heavy atom. The molecule has 3 nitrogen and oxygen atoms in total. The average Bonchev–Trinajstić information content (AvgIpc) is 2.90. The molecule has 0 bridgehead atoms. The van der Waals surface area contributed by atoms with Crippen LogP contribution in [0.15, 0.2) is 43.0 Å². The second kappa shape index (κ2) is 5.43. The van der Waals surface area contributed by atoms with E-state index in [2.05, 4.69) is 36.2 Å². The van der Waals surface area contributed by atoms with Crippen molar-refractivity contribution in [2.45, 2.75) is 26.2 Å². The molecule has 0 amide bonds. The first-order valence-electron chi connectivity index (χ1n) is 5.88. The highest BCUT2D eigenvalue weighted by Gasteiger charge is 2.04. The molecule has 0 N–H and O–H groups in total. The molecule has 2 rings (SSSR count). The minimum atomic E-state index is 0.0852. The Morgan fingerprint density at radius 3 is 2.53 bits per heavy atom. The summed E-state index contributed by atoms with van der Waals surface area (Å²) in [6.45, 7) is 2.14. The number of hydrogen-bond donors (Lipinski definition) is 0. The van der Waals surface area contributed by atoms with Gasteiger partial charge in [-0.05, 0) is 24.0 Å². The second-order valence-corrected chi connectivity index (χ2v) is 4.03. The molecule has 2 aromatic rings. The van der Waals surface area contributed by atoms with Gasteiger partial charge in [0, 0.05) is 18.8 Å². The van der Waals surface area contributed by atoms with Gasteiger partial charge in [0.1, 0.15) is 6.33 Å². The largest absolute Gasteiger partial charge is 0.276 e. The monoisotopic (exact) mass is 228 g/mol. The maximum Gasteiger partial charge on any atom is 0.232 e. The summed E-state index contributed by atoms with van der Waals surface area (Å²) in [5.74, 6) is 0.0852. The topological polar surface area (TPSA) is 34.9 Å². The van der Waals surface area contributed by atoms with Gasteiger partial charge in [-0.3, -0.25) is 9.36 Å². The van der Waals surface area contributed by atoms with Crippen molar-refractivity contribution in [3.05, 3.63) is 54.1 Å². The lowest BCUT2D eigenvalue weighted by molar-refractivity contribution is 0.0903. The van der Waals surface area contributed by atoms with Crippen LogP contribution in [-0.4, -0.2) is 15.5 Å². The molecule has 1 aromatic carbocycles. The van der Waals surface area contributed by atoms with Gasteiger partial charge in [0.25, 0.3) is 0 Å². The number of carbonyl (C=O) groups excluding carboxylic acids is 1. The molecule has 3 heteroatoms. The first-order valence-corrected chi connectivity index (χ1v) is 5.88. The molecule has 0 saturated heterocycles. The predicted molar refractivity (Wildman–Crippen MR) is 67.0 cm³/mol. The number of aryl methyl sites for hydroxylation is 2. The summed E-state index contributed by atoms with van der Waals surface area (Å²) >= 11 is 0. The van der Waals surface area contributed by atoms with Crippen LogP contribution in [0, 0.1) is 0 Å². The number of imidazole rings is 1. The maximum atomic E-state index is 11.7. The van der Waals surface area contributed by atoms with Gasteiger partial charge < -0.3 is 0 Å². The number of benzene rings is 1. The highest BCUT2D eigenvalue weighted by molar-refractivity contribution is 5.78. The summed E-state index contributed by atoms with van der Waals surface area (Å²) in [4.78, 5) is 15.6. The normalized spacial score (nSPS) is 10.4. The Hall–Kier alpha value is -1.90. The van der Waals surface area contributed by atoms with Crippen LogP contribution in [0.1, 0.15) is 29.3 Å². The summed E-state index contributed by atoms with van der Waals surface area (Å²) in [5, 5.41) is 0. The van der Waals surface area contributed by atoms with Crippen LogP contribution in [0.5, 0.6) is 0 Å². The van der Waals surface area contributed by atoms with Crippen molar-refractivity contribution in [1.29, 1.82) is 0 Å². The lowest BCUT2D eigenvalue weighted by atomic mass is 10.1. The molecule has 17 heavy (non-hydrogen) atoms. The summed E-state index contributed by atoms with van der Waals surface area (Å²) in [6.07, 6.45) is 7.19. The third kappa shape index (κ3) is 3.03. The zero-order chi connectivity index (χ0) is 12.1. The Bertz CT molecular complexity index is 471. The van der Waals surface area contributed by atoms with Crippen molar-refractivity contribution in [1.82, 2.24) is 9.55 Å². The maximum absolute atomic E-state index is 11.7. The number of hydrogen-bond acceptors (Lipinski definition) is 2. The van der Waals surface area contributed by atoms with Crippen LogP contribution in [-0.2, 0) is 12.8 Å². The van der Waals surface area contributed by atoms with Gasteiger partial charge >= 0.3 is 0 Å². The molecule has 0 aliphatic carbocycles. The van der Waals surface area contributed by atoms with Crippen LogP contribution in [0.25, 0.3) is 0 Å². The van der Waals surface area contributed by atoms with E-state index in [1.807, 2.05) is 0 Å². The number of aromatic nitrogens is 2. The molecule has 0 atom stereocenters. The van der Waals surface area contributed by atoms with Crippen molar-refractivity contribution in [2.24, 2.45) is 0 Å². The van der Waals surface area contributed by atoms with E-state index in [1.54, 1.807) is 18.7 Å². The van der Waals surface area contributed by atoms with Crippen molar-refractivity contribution in [3.8, 4) is 0 Å². The minimum Gasteiger partial charge on any atom is -0.276 e. The van der Waals surface area contributed by atoms with Gasteiger partial charge in [0.05, 0.1) is 0 Å². The molecule has 0 aliphatic heterocycles. The van der Waals surface area contributed by atoms with Gasteiger partial charge in [0.2, 0.25) is 5.91 Å². The van der Waals surface area contributed by atoms with Gasteiger partial charge in [-0.15, -0.1) is 0 Å². The van der Waals surface area contributed by atoms with Crippen molar-refractivity contribution < 1.29 is 4.79 Å². The summed E-state index contributed by atoms with van der Waals surface area (Å²) in [7, 11) is 0. The molecule has 0 saturated carbocycles. The molecule has 1 heterocycles. The van der Waals surface area contributed by atoms with E-state index in [4.69, 9.17) is 0 Å². The van der Waals surface area contributed by atoms with Crippen LogP contribution < -0.4 is 0 Å². The Labute approximate surface area is 101 Å². The van der Waals surface area contributed by atoms with Gasteiger partial charge in [-0.2, -0.15) is 0 Å². The molecule has 0 unspecified atom stereocenters. The Kier molecular flexibility index (Phi) is 3.70. The number of rotatable bonds is 4. The summed E-state index contributed by atoms with van der Waals surface area (Å²) in [5.41, 5.74) is 2.53. The fourth-order valence-electron chi connectivity index (χ4n) is 1.73. The molecule has 0 fully saturated rings. The van der Waals surface area contributed by atoms with Gasteiger partial charge in [-0.25, -0.2) is 4.98 Å². The second-order valence-electron chi connectivity index (χ2n) is 4.03. The highest BCUT2D eigenvalue weighted by Crippen LogP contribution is 2.08. The quantitative estimate of drug-likeness (QED) is 0.806. The summed E-state index contributed by atoms with van der Waals surface area (Å²) < 4.78 is 1.53. The first kappa shape index (κ1) is 11.6. The average molecular weight is 228 g/mol. The fraction of sp³-hybridized carbons (Fsp3) is 0.286. The molecule has 1 aromatic heterocycles. The third-order valence-corrected chi connectivity index (χ3v) is 2.85. The third-order valence-electron chi connectivity index (χ3n) is 2.85. The van der Waals surface area contributed by atoms with E-state index in [0.717, 1.165) is 12.8 Å². The molecule has 0 spiro atoms. The van der Waals surface area contributed by atoms with E-state index in [1.165, 1.54) is 15.7 Å². The SMILES string of the molecule is CCc1ccc(CCC(=O)n2ccnc2)cc1. The highest BCUT2D eigenvalue weighted by atomic mass is 16.2. The summed E-state index contributed by atoms with van der Waals surface area (Å²) in [6, 6.07) is 8.44. The smallest absolute Gasteiger partial charge is 0.232 e. The molecular formula is C14H16N2O. The van der Waals surface area contributed by atoms with Gasteiger partial charge in [0.15, 0.2) is 0 Å². The zero-order valence-corrected chi connectivity index (χ0v) is 9.97. The van der Waals surface area contributed by atoms with Crippen molar-refractivity contribution in [3.63, 3.8) is 0 Å². The first-order chi connectivity index (χ1) is 8.29. The molecular weight excluding hydrogens is 212 g/mol. The number of nitrogens with zero attached hydrogens (tertiary/aromatic N) is 2. The van der Waals surface area contributed by atoms with Crippen LogP contribution in [0.2, 0.25) is 0 Å². The van der Waals surface area contributed by atoms with Crippen molar-refractivity contribution >= 4 is 5.91 Å². The standard InChI is InChI=1S/C14H16N2O/c1-2-12-3-5-13(6-4-12)7-8-14(17)16-10-9-15-11-16/h3-6,9-11H,2,7-8H2,1H3. The Morgan fingerprint density at radius 2 is 1.94 bits per heavy atom. The van der Waals surface area contributed by atoms with Crippen LogP contribution >= 0.6 is 0 Å². The van der Waals surface area contributed by atoms with Crippen LogP contribution in [0.3, 0.4) is 0 Å². The minimum absolute atomic E-state index is 0.0852. The molecule has 88 valence electrons. The predicted octanol–water partition coefficient (Wildman–Crippen LogP) is 2.72. The number of carbonyl (C=O) groups is 1. The van der Waals surface area contributed by atoms with Crippen LogP contribution in [0.4, 0.5) is 0 Å². The zero-order valence-electron chi connectivity index (χ0n) is 9.97.